The Hall–Kier alpha value is -3.39. The van der Waals surface area contributed by atoms with Crippen molar-refractivity contribution in [3.63, 3.8) is 0 Å². The Bertz CT molecular complexity index is 1170. The maximum absolute atomic E-state index is 12.9. The van der Waals surface area contributed by atoms with Crippen molar-refractivity contribution in [1.29, 1.82) is 5.26 Å². The number of fused-ring (bicyclic) bond motifs is 3. The van der Waals surface area contributed by atoms with E-state index in [0.717, 1.165) is 43.7 Å². The minimum atomic E-state index is -4.50. The van der Waals surface area contributed by atoms with Crippen molar-refractivity contribution in [2.24, 2.45) is 0 Å². The van der Waals surface area contributed by atoms with Crippen molar-refractivity contribution < 1.29 is 13.2 Å². The molecule has 0 saturated carbocycles. The van der Waals surface area contributed by atoms with E-state index < -0.39 is 11.9 Å². The van der Waals surface area contributed by atoms with E-state index in [1.807, 2.05) is 17.2 Å². The number of hydrogen-bond donors (Lipinski definition) is 3. The summed E-state index contributed by atoms with van der Waals surface area (Å²) in [6, 6.07) is 9.71. The number of nitriles is 1. The van der Waals surface area contributed by atoms with Gasteiger partial charge in [-0.1, -0.05) is 0 Å². The number of alkyl halides is 3. The van der Waals surface area contributed by atoms with Crippen LogP contribution in [-0.2, 0) is 6.18 Å². The van der Waals surface area contributed by atoms with E-state index in [4.69, 9.17) is 5.26 Å². The summed E-state index contributed by atoms with van der Waals surface area (Å²) in [6.07, 6.45) is 1.88. The number of nitrogens with zero attached hydrogens (tertiary/aromatic N) is 5. The number of nitrogens with one attached hydrogen (secondary N) is 3. The Morgan fingerprint density at radius 2 is 1.97 bits per heavy atom. The normalized spacial score (nSPS) is 22.9. The van der Waals surface area contributed by atoms with Crippen LogP contribution >= 0.6 is 0 Å². The van der Waals surface area contributed by atoms with Gasteiger partial charge in [-0.15, -0.1) is 0 Å². The second-order valence-corrected chi connectivity index (χ2v) is 8.56. The smallest absolute Gasteiger partial charge is 0.367 e. The van der Waals surface area contributed by atoms with Gasteiger partial charge in [-0.05, 0) is 37.8 Å². The molecule has 2 bridgehead atoms. The number of halogens is 3. The van der Waals surface area contributed by atoms with Crippen molar-refractivity contribution in [2.45, 2.75) is 56.4 Å². The van der Waals surface area contributed by atoms with Gasteiger partial charge in [0.1, 0.15) is 17.3 Å². The topological polar surface area (TPSA) is 106 Å². The van der Waals surface area contributed by atoms with E-state index in [1.165, 1.54) is 0 Å². The molecule has 0 spiro atoms. The molecule has 2 aliphatic rings. The SMILES string of the molecule is N#CCCN1[C@@H]2CC[C@H]1C[C@H](Nc1nc(Nc3cc(C(F)(F)F)[nH]n3)cc3ncccc13)C2. The number of pyridine rings is 2. The van der Waals surface area contributed by atoms with E-state index in [2.05, 4.69) is 36.7 Å². The molecule has 2 aliphatic heterocycles. The predicted molar refractivity (Wildman–Crippen MR) is 117 cm³/mol. The zero-order valence-electron chi connectivity index (χ0n) is 17.7. The molecule has 0 aromatic carbocycles. The van der Waals surface area contributed by atoms with Gasteiger partial charge >= 0.3 is 6.18 Å². The Balaban J connectivity index is 1.37. The van der Waals surface area contributed by atoms with E-state index in [0.29, 0.717) is 35.7 Å². The molecule has 3 atom stereocenters. The summed E-state index contributed by atoms with van der Waals surface area (Å²) >= 11 is 0. The third-order valence-corrected chi connectivity index (χ3v) is 6.45. The quantitative estimate of drug-likeness (QED) is 0.504. The molecule has 0 amide bonds. The Kier molecular flexibility index (Phi) is 5.54. The van der Waals surface area contributed by atoms with Crippen molar-refractivity contribution in [1.82, 2.24) is 25.1 Å². The van der Waals surface area contributed by atoms with E-state index in [1.54, 1.807) is 12.3 Å². The molecule has 5 heterocycles. The Labute approximate surface area is 188 Å². The first-order valence-electron chi connectivity index (χ1n) is 11.0. The Morgan fingerprint density at radius 1 is 1.18 bits per heavy atom. The molecule has 0 radical (unpaired) electrons. The maximum atomic E-state index is 12.9. The lowest BCUT2D eigenvalue weighted by Crippen LogP contribution is -2.47. The van der Waals surface area contributed by atoms with Crippen LogP contribution in [0.3, 0.4) is 0 Å². The summed E-state index contributed by atoms with van der Waals surface area (Å²) in [5.41, 5.74) is -0.251. The fraction of sp³-hybridized carbons (Fsp3) is 0.455. The third-order valence-electron chi connectivity index (χ3n) is 6.45. The van der Waals surface area contributed by atoms with Crippen LogP contribution in [0.2, 0.25) is 0 Å². The molecule has 11 heteroatoms. The first kappa shape index (κ1) is 21.5. The Morgan fingerprint density at radius 3 is 2.67 bits per heavy atom. The lowest BCUT2D eigenvalue weighted by Gasteiger charge is -2.39. The molecular formula is C22H23F3N8. The van der Waals surface area contributed by atoms with E-state index >= 15 is 0 Å². The lowest BCUT2D eigenvalue weighted by atomic mass is 9.97. The summed E-state index contributed by atoms with van der Waals surface area (Å²) < 4.78 is 38.7. The van der Waals surface area contributed by atoms with Gasteiger partial charge in [0, 0.05) is 54.8 Å². The van der Waals surface area contributed by atoms with Gasteiger partial charge < -0.3 is 10.6 Å². The molecule has 3 N–H and O–H groups in total. The number of anilines is 3. The highest BCUT2D eigenvalue weighted by Gasteiger charge is 2.40. The zero-order valence-corrected chi connectivity index (χ0v) is 17.7. The van der Waals surface area contributed by atoms with Crippen LogP contribution in [-0.4, -0.2) is 49.7 Å². The van der Waals surface area contributed by atoms with Gasteiger partial charge in [0.05, 0.1) is 11.6 Å². The van der Waals surface area contributed by atoms with Gasteiger partial charge in [0.25, 0.3) is 0 Å². The van der Waals surface area contributed by atoms with Crippen LogP contribution in [0.5, 0.6) is 0 Å². The van der Waals surface area contributed by atoms with Crippen LogP contribution in [0.15, 0.2) is 30.5 Å². The van der Waals surface area contributed by atoms with Crippen LogP contribution in [0.25, 0.3) is 10.9 Å². The molecule has 3 aromatic heterocycles. The van der Waals surface area contributed by atoms with Gasteiger partial charge in [-0.3, -0.25) is 15.0 Å². The van der Waals surface area contributed by atoms with Crippen molar-refractivity contribution >= 4 is 28.4 Å². The molecule has 3 aromatic rings. The van der Waals surface area contributed by atoms with Crippen LogP contribution in [0, 0.1) is 11.3 Å². The summed E-state index contributed by atoms with van der Waals surface area (Å²) in [5.74, 6) is 1.03. The zero-order chi connectivity index (χ0) is 23.0. The lowest BCUT2D eigenvalue weighted by molar-refractivity contribution is -0.141. The highest BCUT2D eigenvalue weighted by molar-refractivity contribution is 5.91. The largest absolute Gasteiger partial charge is 0.432 e. The molecule has 172 valence electrons. The average Bonchev–Trinajstić information content (AvgIpc) is 3.34. The molecule has 2 saturated heterocycles. The first-order valence-corrected chi connectivity index (χ1v) is 11.0. The summed E-state index contributed by atoms with van der Waals surface area (Å²) in [7, 11) is 0. The third kappa shape index (κ3) is 4.43. The van der Waals surface area contributed by atoms with E-state index in [9.17, 15) is 13.2 Å². The molecule has 5 rings (SSSR count). The predicted octanol–water partition coefficient (Wildman–Crippen LogP) is 4.44. The van der Waals surface area contributed by atoms with Crippen molar-refractivity contribution in [2.75, 3.05) is 17.2 Å². The number of H-pyrrole nitrogens is 1. The molecule has 0 unspecified atom stereocenters. The summed E-state index contributed by atoms with van der Waals surface area (Å²) in [6.45, 7) is 0.812. The second kappa shape index (κ2) is 8.51. The molecule has 2 fully saturated rings. The standard InChI is InChI=1S/C22H23F3N8/c23-22(24,25)18-12-20(32-31-18)29-19-11-17-16(3-1-7-27-17)21(30-19)28-13-9-14-4-5-15(10-13)33(14)8-2-6-26/h1,3,7,11-15H,2,4-5,8-10H2,(H3,28,29,30,31,32)/t13-,14-,15+. The second-order valence-electron chi connectivity index (χ2n) is 8.56. The highest BCUT2D eigenvalue weighted by atomic mass is 19.4. The fourth-order valence-electron chi connectivity index (χ4n) is 5.04. The maximum Gasteiger partial charge on any atom is 0.432 e. The van der Waals surface area contributed by atoms with Crippen molar-refractivity contribution in [3.8, 4) is 6.07 Å². The number of piperidine rings is 1. The summed E-state index contributed by atoms with van der Waals surface area (Å²) in [5, 5.41) is 21.9. The monoisotopic (exact) mass is 456 g/mol. The molecular weight excluding hydrogens is 433 g/mol. The van der Waals surface area contributed by atoms with Gasteiger partial charge in [0.2, 0.25) is 0 Å². The van der Waals surface area contributed by atoms with Gasteiger partial charge in [-0.25, -0.2) is 4.98 Å². The van der Waals surface area contributed by atoms with Crippen LogP contribution < -0.4 is 10.6 Å². The highest BCUT2D eigenvalue weighted by Crippen LogP contribution is 2.37. The minimum absolute atomic E-state index is 0.0277. The van der Waals surface area contributed by atoms with Gasteiger partial charge in [-0.2, -0.15) is 23.5 Å². The number of hydrogen-bond acceptors (Lipinski definition) is 7. The molecule has 33 heavy (non-hydrogen) atoms. The van der Waals surface area contributed by atoms with Gasteiger partial charge in [0.15, 0.2) is 5.82 Å². The average molecular weight is 456 g/mol. The van der Waals surface area contributed by atoms with Crippen LogP contribution in [0.4, 0.5) is 30.6 Å². The number of rotatable bonds is 6. The first-order chi connectivity index (χ1) is 15.9. The number of aromatic amines is 1. The minimum Gasteiger partial charge on any atom is -0.367 e. The molecule has 0 aliphatic carbocycles. The number of aromatic nitrogens is 4. The summed E-state index contributed by atoms with van der Waals surface area (Å²) in [4.78, 5) is 11.5. The van der Waals surface area contributed by atoms with Crippen LogP contribution in [0.1, 0.15) is 37.8 Å². The fourth-order valence-corrected chi connectivity index (χ4v) is 5.04. The molecule has 8 nitrogen and oxygen atoms in total. The van der Waals surface area contributed by atoms with E-state index in [-0.39, 0.29) is 11.9 Å². The van der Waals surface area contributed by atoms with Crippen molar-refractivity contribution in [3.05, 3.63) is 36.2 Å².